The maximum atomic E-state index is 4.22. The smallest absolute Gasteiger partial charge is 0.0922 e. The van der Waals surface area contributed by atoms with E-state index in [2.05, 4.69) is 20.3 Å². The zero-order valence-electron chi connectivity index (χ0n) is 8.66. The normalized spacial score (nSPS) is 10.7. The molecule has 0 bridgehead atoms. The number of hydrogen-bond donors (Lipinski definition) is 2. The molecule has 0 fully saturated rings. The number of nitrogens with zero attached hydrogens (tertiary/aromatic N) is 2. The van der Waals surface area contributed by atoms with E-state index in [0.717, 1.165) is 30.2 Å². The van der Waals surface area contributed by atoms with Crippen LogP contribution >= 0.6 is 11.3 Å². The fourth-order valence-electron chi connectivity index (χ4n) is 1.34. The molecule has 5 heteroatoms. The average molecular weight is 222 g/mol. The number of nitrogens with one attached hydrogen (secondary N) is 2. The lowest BCUT2D eigenvalue weighted by Gasteiger charge is -2.00. The molecule has 15 heavy (non-hydrogen) atoms. The Kier molecular flexibility index (Phi) is 3.47. The first-order valence-corrected chi connectivity index (χ1v) is 5.75. The zero-order chi connectivity index (χ0) is 10.5. The van der Waals surface area contributed by atoms with E-state index < -0.39 is 0 Å². The average Bonchev–Trinajstić information content (AvgIpc) is 2.84. The zero-order valence-corrected chi connectivity index (χ0v) is 9.47. The largest absolute Gasteiger partial charge is 0.347 e. The molecule has 0 radical (unpaired) electrons. The molecule has 0 aliphatic rings. The summed E-state index contributed by atoms with van der Waals surface area (Å²) in [4.78, 5) is 12.6. The highest BCUT2D eigenvalue weighted by Gasteiger charge is 1.98. The van der Waals surface area contributed by atoms with Gasteiger partial charge in [0, 0.05) is 36.1 Å². The fraction of sp³-hybridized carbons (Fsp3) is 0.400. The van der Waals surface area contributed by atoms with E-state index >= 15 is 0 Å². The first kappa shape index (κ1) is 10.3. The third-order valence-corrected chi connectivity index (χ3v) is 3.06. The number of imidazole rings is 1. The van der Waals surface area contributed by atoms with Crippen molar-refractivity contribution in [3.63, 3.8) is 0 Å². The van der Waals surface area contributed by atoms with Crippen LogP contribution in [0.15, 0.2) is 18.7 Å². The number of aryl methyl sites for hydroxylation is 1. The van der Waals surface area contributed by atoms with Crippen LogP contribution in [-0.2, 0) is 13.0 Å². The van der Waals surface area contributed by atoms with Crippen LogP contribution in [0.4, 0.5) is 0 Å². The molecule has 0 spiro atoms. The molecule has 0 saturated heterocycles. The quantitative estimate of drug-likeness (QED) is 0.754. The van der Waals surface area contributed by atoms with Gasteiger partial charge in [-0.1, -0.05) is 0 Å². The Balaban J connectivity index is 1.67. The summed E-state index contributed by atoms with van der Waals surface area (Å²) in [6, 6.07) is 0. The number of rotatable bonds is 5. The van der Waals surface area contributed by atoms with Gasteiger partial charge in [0.05, 0.1) is 11.3 Å². The van der Waals surface area contributed by atoms with Crippen LogP contribution in [0, 0.1) is 6.92 Å². The second-order valence-corrected chi connectivity index (χ2v) is 4.67. The monoisotopic (exact) mass is 222 g/mol. The predicted octanol–water partition coefficient (Wildman–Crippen LogP) is 1.51. The Morgan fingerprint density at radius 1 is 1.47 bits per heavy atom. The molecule has 0 saturated carbocycles. The molecule has 2 heterocycles. The van der Waals surface area contributed by atoms with Gasteiger partial charge in [0.25, 0.3) is 0 Å². The van der Waals surface area contributed by atoms with E-state index in [-0.39, 0.29) is 0 Å². The fourth-order valence-corrected chi connectivity index (χ4v) is 2.13. The van der Waals surface area contributed by atoms with Gasteiger partial charge in [0.2, 0.25) is 0 Å². The second-order valence-electron chi connectivity index (χ2n) is 3.35. The lowest BCUT2D eigenvalue weighted by atomic mass is 10.3. The Bertz CT molecular complexity index is 393. The topological polar surface area (TPSA) is 53.6 Å². The van der Waals surface area contributed by atoms with Crippen LogP contribution in [0.5, 0.6) is 0 Å². The number of aromatic amines is 1. The van der Waals surface area contributed by atoms with Gasteiger partial charge >= 0.3 is 0 Å². The molecular formula is C10H14N4S. The van der Waals surface area contributed by atoms with E-state index in [1.54, 1.807) is 17.7 Å². The first-order chi connectivity index (χ1) is 7.34. The molecule has 2 N–H and O–H groups in total. The summed E-state index contributed by atoms with van der Waals surface area (Å²) in [5.74, 6) is 0. The van der Waals surface area contributed by atoms with E-state index in [1.165, 1.54) is 4.88 Å². The molecule has 0 amide bonds. The van der Waals surface area contributed by atoms with Crippen molar-refractivity contribution in [2.24, 2.45) is 0 Å². The third-order valence-electron chi connectivity index (χ3n) is 2.09. The summed E-state index contributed by atoms with van der Waals surface area (Å²) in [5.41, 5.74) is 1.12. The van der Waals surface area contributed by atoms with Gasteiger partial charge in [0.1, 0.15) is 0 Å². The summed E-state index contributed by atoms with van der Waals surface area (Å²) in [7, 11) is 0. The van der Waals surface area contributed by atoms with Crippen LogP contribution < -0.4 is 5.32 Å². The van der Waals surface area contributed by atoms with Gasteiger partial charge in [-0.15, -0.1) is 11.3 Å². The summed E-state index contributed by atoms with van der Waals surface area (Å²) in [5, 5.41) is 4.49. The van der Waals surface area contributed by atoms with Crippen molar-refractivity contribution >= 4 is 11.3 Å². The molecule has 0 atom stereocenters. The van der Waals surface area contributed by atoms with Crippen LogP contribution in [0.3, 0.4) is 0 Å². The molecule has 0 aliphatic heterocycles. The molecule has 0 unspecified atom stereocenters. The first-order valence-electron chi connectivity index (χ1n) is 4.94. The Morgan fingerprint density at radius 2 is 2.40 bits per heavy atom. The molecule has 0 aliphatic carbocycles. The highest BCUT2D eigenvalue weighted by atomic mass is 32.1. The third kappa shape index (κ3) is 3.14. The molecular weight excluding hydrogens is 208 g/mol. The summed E-state index contributed by atoms with van der Waals surface area (Å²) >= 11 is 1.76. The summed E-state index contributed by atoms with van der Waals surface area (Å²) in [6.45, 7) is 3.85. The van der Waals surface area contributed by atoms with Crippen molar-refractivity contribution in [3.05, 3.63) is 34.3 Å². The minimum absolute atomic E-state index is 0.845. The van der Waals surface area contributed by atoms with Crippen LogP contribution in [0.2, 0.25) is 0 Å². The Labute approximate surface area is 92.8 Å². The lowest BCUT2D eigenvalue weighted by Crippen LogP contribution is -2.16. The number of thiazole rings is 1. The van der Waals surface area contributed by atoms with Crippen molar-refractivity contribution in [2.75, 3.05) is 6.54 Å². The van der Waals surface area contributed by atoms with Gasteiger partial charge in [-0.05, 0) is 13.3 Å². The maximum absolute atomic E-state index is 4.22. The van der Waals surface area contributed by atoms with Gasteiger partial charge in [-0.3, -0.25) is 0 Å². The van der Waals surface area contributed by atoms with Gasteiger partial charge < -0.3 is 10.3 Å². The minimum atomic E-state index is 0.845. The van der Waals surface area contributed by atoms with Gasteiger partial charge in [0.15, 0.2) is 0 Å². The van der Waals surface area contributed by atoms with E-state index in [9.17, 15) is 0 Å². The lowest BCUT2D eigenvalue weighted by molar-refractivity contribution is 0.680. The SMILES string of the molecule is Cc1ncc(CCNCc2cnc[nH]2)s1. The number of aromatic nitrogens is 3. The van der Waals surface area contributed by atoms with Crippen molar-refractivity contribution < 1.29 is 0 Å². The molecule has 2 rings (SSSR count). The molecule has 4 nitrogen and oxygen atoms in total. The van der Waals surface area contributed by atoms with Crippen molar-refractivity contribution in [3.8, 4) is 0 Å². The van der Waals surface area contributed by atoms with E-state index in [1.807, 2.05) is 19.3 Å². The van der Waals surface area contributed by atoms with Crippen molar-refractivity contribution in [2.45, 2.75) is 19.9 Å². The molecule has 2 aromatic heterocycles. The Hall–Kier alpha value is -1.20. The number of hydrogen-bond acceptors (Lipinski definition) is 4. The van der Waals surface area contributed by atoms with Crippen LogP contribution in [-0.4, -0.2) is 21.5 Å². The molecule has 80 valence electrons. The standard InChI is InChI=1S/C10H14N4S/c1-8-13-6-10(15-8)2-3-11-4-9-5-12-7-14-9/h5-7,11H,2-4H2,1H3,(H,12,14). The van der Waals surface area contributed by atoms with E-state index in [4.69, 9.17) is 0 Å². The molecule has 2 aromatic rings. The van der Waals surface area contributed by atoms with E-state index in [0.29, 0.717) is 0 Å². The highest BCUT2D eigenvalue weighted by molar-refractivity contribution is 7.11. The second kappa shape index (κ2) is 5.04. The Morgan fingerprint density at radius 3 is 3.07 bits per heavy atom. The maximum Gasteiger partial charge on any atom is 0.0922 e. The van der Waals surface area contributed by atoms with Crippen LogP contribution in [0.1, 0.15) is 15.6 Å². The summed E-state index contributed by atoms with van der Waals surface area (Å²) in [6.07, 6.45) is 6.53. The minimum Gasteiger partial charge on any atom is -0.347 e. The van der Waals surface area contributed by atoms with Crippen LogP contribution in [0.25, 0.3) is 0 Å². The molecule has 0 aromatic carbocycles. The predicted molar refractivity (Wildman–Crippen MR) is 60.8 cm³/mol. The number of H-pyrrole nitrogens is 1. The van der Waals surface area contributed by atoms with Crippen molar-refractivity contribution in [1.29, 1.82) is 0 Å². The summed E-state index contributed by atoms with van der Waals surface area (Å²) < 4.78 is 0. The van der Waals surface area contributed by atoms with Gasteiger partial charge in [-0.25, -0.2) is 9.97 Å². The van der Waals surface area contributed by atoms with Gasteiger partial charge in [-0.2, -0.15) is 0 Å². The van der Waals surface area contributed by atoms with Crippen molar-refractivity contribution in [1.82, 2.24) is 20.3 Å². The highest BCUT2D eigenvalue weighted by Crippen LogP contribution is 2.11.